The number of nitrogens with zero attached hydrogens (tertiary/aromatic N) is 5. The van der Waals surface area contributed by atoms with E-state index in [1.165, 1.54) is 21.1 Å². The second-order valence-corrected chi connectivity index (χ2v) is 7.66. The zero-order valence-corrected chi connectivity index (χ0v) is 18.7. The summed E-state index contributed by atoms with van der Waals surface area (Å²) < 4.78 is 2.85. The number of hydrogen-bond acceptors (Lipinski definition) is 6. The van der Waals surface area contributed by atoms with E-state index in [4.69, 9.17) is 12.2 Å². The van der Waals surface area contributed by atoms with Gasteiger partial charge in [-0.3, -0.25) is 18.7 Å². The molecule has 9 heteroatoms. The molecule has 8 nitrogen and oxygen atoms in total. The van der Waals surface area contributed by atoms with Crippen molar-refractivity contribution in [3.63, 3.8) is 0 Å². The van der Waals surface area contributed by atoms with Crippen LogP contribution in [0.15, 0.2) is 34.2 Å². The highest BCUT2D eigenvalue weighted by molar-refractivity contribution is 7.71. The first-order chi connectivity index (χ1) is 14.2. The summed E-state index contributed by atoms with van der Waals surface area (Å²) in [5.41, 5.74) is 2.03. The number of amides is 1. The number of carbonyl (C=O) groups is 1. The van der Waals surface area contributed by atoms with Crippen LogP contribution in [0.4, 0.5) is 5.69 Å². The van der Waals surface area contributed by atoms with Gasteiger partial charge in [0, 0.05) is 46.2 Å². The lowest BCUT2D eigenvalue weighted by Crippen LogP contribution is -2.28. The molecule has 1 atom stereocenters. The van der Waals surface area contributed by atoms with Gasteiger partial charge < -0.3 is 10.0 Å². The Kier molecular flexibility index (Phi) is 6.12. The van der Waals surface area contributed by atoms with Crippen LogP contribution >= 0.6 is 12.2 Å². The molecule has 1 aliphatic heterocycles. The Bertz CT molecular complexity index is 1110. The van der Waals surface area contributed by atoms with Crippen LogP contribution in [0.1, 0.15) is 44.4 Å². The minimum absolute atomic E-state index is 0.0714. The van der Waals surface area contributed by atoms with Gasteiger partial charge in [-0.2, -0.15) is 5.10 Å². The quantitative estimate of drug-likeness (QED) is 0.739. The Labute approximate surface area is 180 Å². The number of benzene rings is 1. The molecule has 0 fully saturated rings. The summed E-state index contributed by atoms with van der Waals surface area (Å²) in [6.07, 6.45) is 0.323. The molecule has 0 spiro atoms. The summed E-state index contributed by atoms with van der Waals surface area (Å²) in [5.74, 6) is -0.480. The van der Waals surface area contributed by atoms with Crippen molar-refractivity contribution in [2.24, 2.45) is 19.2 Å². The van der Waals surface area contributed by atoms with Crippen molar-refractivity contribution >= 4 is 29.5 Å². The zero-order valence-electron chi connectivity index (χ0n) is 17.9. The molecule has 0 saturated carbocycles. The molecule has 30 heavy (non-hydrogen) atoms. The second kappa shape index (κ2) is 8.43. The summed E-state index contributed by atoms with van der Waals surface area (Å²) >= 11 is 5.18. The molecule has 1 aliphatic rings. The van der Waals surface area contributed by atoms with Crippen molar-refractivity contribution in [1.29, 1.82) is 0 Å². The van der Waals surface area contributed by atoms with Crippen LogP contribution in [0, 0.1) is 4.77 Å². The van der Waals surface area contributed by atoms with Gasteiger partial charge in [0.05, 0.1) is 11.8 Å². The smallest absolute Gasteiger partial charge is 0.267 e. The van der Waals surface area contributed by atoms with Gasteiger partial charge in [-0.1, -0.05) is 12.1 Å². The zero-order chi connectivity index (χ0) is 22.2. The molecule has 0 saturated heterocycles. The SMILES string of the molecule is CCN(CC)c1ccc([C@H]2CC(c3c(O)n(C)c(=S)n(C)c3=O)=NN2C(C)=O)cc1. The van der Waals surface area contributed by atoms with E-state index < -0.39 is 5.56 Å². The predicted octanol–water partition coefficient (Wildman–Crippen LogP) is 2.70. The highest BCUT2D eigenvalue weighted by Crippen LogP contribution is 2.34. The molecular formula is C21H27N5O3S. The number of aromatic hydroxyl groups is 1. The topological polar surface area (TPSA) is 83.1 Å². The van der Waals surface area contributed by atoms with E-state index in [9.17, 15) is 14.7 Å². The summed E-state index contributed by atoms with van der Waals surface area (Å²) in [6, 6.07) is 7.68. The number of carbonyl (C=O) groups excluding carboxylic acids is 1. The van der Waals surface area contributed by atoms with Gasteiger partial charge in [0.15, 0.2) is 4.77 Å². The molecule has 3 rings (SSSR count). The van der Waals surface area contributed by atoms with Crippen LogP contribution in [0.2, 0.25) is 0 Å². The van der Waals surface area contributed by atoms with Gasteiger partial charge >= 0.3 is 0 Å². The van der Waals surface area contributed by atoms with Crippen molar-refractivity contribution in [2.75, 3.05) is 18.0 Å². The Morgan fingerprint density at radius 1 is 1.20 bits per heavy atom. The van der Waals surface area contributed by atoms with Crippen LogP contribution in [-0.4, -0.2) is 44.0 Å². The van der Waals surface area contributed by atoms with Crippen molar-refractivity contribution in [3.8, 4) is 5.88 Å². The van der Waals surface area contributed by atoms with Crippen LogP contribution in [0.3, 0.4) is 0 Å². The van der Waals surface area contributed by atoms with Gasteiger partial charge in [0.25, 0.3) is 5.56 Å². The largest absolute Gasteiger partial charge is 0.494 e. The standard InChI is InChI=1S/C21H27N5O3S/c1-6-25(7-2)15-10-8-14(9-11-15)17-12-16(22-26(17)13(3)27)18-19(28)23(4)21(30)24(5)20(18)29/h8-11,17,28H,6-7,12H2,1-5H3/t17-/m1/s1. The molecule has 1 aromatic heterocycles. The van der Waals surface area contributed by atoms with Gasteiger partial charge in [-0.05, 0) is 43.8 Å². The molecule has 0 aliphatic carbocycles. The van der Waals surface area contributed by atoms with Crippen molar-refractivity contribution < 1.29 is 9.90 Å². The van der Waals surface area contributed by atoms with Crippen LogP contribution < -0.4 is 10.5 Å². The van der Waals surface area contributed by atoms with Crippen LogP contribution in [0.5, 0.6) is 5.88 Å². The normalized spacial score (nSPS) is 16.0. The van der Waals surface area contributed by atoms with Gasteiger partial charge in [0.2, 0.25) is 11.8 Å². The van der Waals surface area contributed by atoms with Crippen LogP contribution in [0.25, 0.3) is 0 Å². The molecule has 0 unspecified atom stereocenters. The molecule has 1 N–H and O–H groups in total. The average Bonchev–Trinajstić information content (AvgIpc) is 3.18. The maximum atomic E-state index is 12.8. The molecule has 0 radical (unpaired) electrons. The minimum atomic E-state index is -0.435. The number of anilines is 1. The third-order valence-electron chi connectivity index (χ3n) is 5.56. The molecule has 160 valence electrons. The van der Waals surface area contributed by atoms with E-state index in [0.29, 0.717) is 12.1 Å². The fraction of sp³-hybridized carbons (Fsp3) is 0.429. The van der Waals surface area contributed by atoms with Crippen molar-refractivity contribution in [2.45, 2.75) is 33.2 Å². The Hall–Kier alpha value is -2.94. The average molecular weight is 430 g/mol. The number of hydrogen-bond donors (Lipinski definition) is 1. The number of hydrazone groups is 1. The lowest BCUT2D eigenvalue weighted by molar-refractivity contribution is -0.130. The fourth-order valence-electron chi connectivity index (χ4n) is 3.79. The highest BCUT2D eigenvalue weighted by Gasteiger charge is 2.34. The third-order valence-corrected chi connectivity index (χ3v) is 6.11. The highest BCUT2D eigenvalue weighted by atomic mass is 32.1. The lowest BCUT2D eigenvalue weighted by Gasteiger charge is -2.23. The monoisotopic (exact) mass is 429 g/mol. The minimum Gasteiger partial charge on any atom is -0.494 e. The Morgan fingerprint density at radius 3 is 2.33 bits per heavy atom. The summed E-state index contributed by atoms with van der Waals surface area (Å²) in [4.78, 5) is 27.3. The fourth-order valence-corrected chi connectivity index (χ4v) is 3.96. The van der Waals surface area contributed by atoms with Gasteiger partial charge in [-0.15, -0.1) is 0 Å². The van der Waals surface area contributed by atoms with Crippen molar-refractivity contribution in [3.05, 3.63) is 50.5 Å². The summed E-state index contributed by atoms with van der Waals surface area (Å²) in [7, 11) is 3.14. The van der Waals surface area contributed by atoms with E-state index in [2.05, 4.69) is 23.8 Å². The molecule has 2 heterocycles. The first kappa shape index (κ1) is 21.8. The maximum absolute atomic E-state index is 12.8. The third kappa shape index (κ3) is 3.65. The molecule has 1 aromatic carbocycles. The van der Waals surface area contributed by atoms with E-state index >= 15 is 0 Å². The Balaban J connectivity index is 2.02. The van der Waals surface area contributed by atoms with Gasteiger partial charge in [-0.25, -0.2) is 5.01 Å². The first-order valence-corrected chi connectivity index (χ1v) is 10.3. The molecule has 1 amide bonds. The number of rotatable bonds is 5. The van der Waals surface area contributed by atoms with E-state index in [0.717, 1.165) is 24.3 Å². The van der Waals surface area contributed by atoms with Gasteiger partial charge in [0.1, 0.15) is 5.56 Å². The van der Waals surface area contributed by atoms with E-state index in [1.54, 1.807) is 14.1 Å². The van der Waals surface area contributed by atoms with Crippen LogP contribution in [-0.2, 0) is 18.9 Å². The summed E-state index contributed by atoms with van der Waals surface area (Å²) in [5, 5.41) is 16.4. The molecule has 0 bridgehead atoms. The van der Waals surface area contributed by atoms with Crippen molar-refractivity contribution in [1.82, 2.24) is 14.1 Å². The van der Waals surface area contributed by atoms with E-state index in [1.807, 2.05) is 24.3 Å². The summed E-state index contributed by atoms with van der Waals surface area (Å²) in [6.45, 7) is 7.46. The lowest BCUT2D eigenvalue weighted by atomic mass is 9.98. The Morgan fingerprint density at radius 2 is 1.80 bits per heavy atom. The first-order valence-electron chi connectivity index (χ1n) is 9.92. The maximum Gasteiger partial charge on any atom is 0.267 e. The van der Waals surface area contributed by atoms with E-state index in [-0.39, 0.29) is 28.2 Å². The molecular weight excluding hydrogens is 402 g/mol. The second-order valence-electron chi connectivity index (χ2n) is 7.30. The number of aromatic nitrogens is 2. The molecule has 2 aromatic rings. The predicted molar refractivity (Wildman–Crippen MR) is 120 cm³/mol.